The highest BCUT2D eigenvalue weighted by Crippen LogP contribution is 2.38. The van der Waals surface area contributed by atoms with Crippen molar-refractivity contribution in [1.29, 1.82) is 0 Å². The Kier molecular flexibility index (Phi) is 8.68. The molecule has 0 saturated carbocycles. The SMILES string of the molecule is CN(C)C(=O)c1ccc(-c2ccc3nc(C(c4nnc(CCS(N)(=O)=O)o4)S(=O)(=O)Cc4ccccc4)sc3c2)cc1Cl. The predicted octanol–water partition coefficient (Wildman–Crippen LogP) is 4.24. The minimum atomic E-state index is -3.99. The van der Waals surface area contributed by atoms with Crippen LogP contribution in [0.2, 0.25) is 5.02 Å². The molecule has 0 radical (unpaired) electrons. The average molecular weight is 660 g/mol. The van der Waals surface area contributed by atoms with Gasteiger partial charge in [0.15, 0.2) is 15.1 Å². The van der Waals surface area contributed by atoms with Gasteiger partial charge in [0.2, 0.25) is 21.8 Å². The lowest BCUT2D eigenvalue weighted by molar-refractivity contribution is 0.0827. The molecule has 0 aliphatic heterocycles. The smallest absolute Gasteiger partial charge is 0.254 e. The van der Waals surface area contributed by atoms with E-state index in [1.54, 1.807) is 68.7 Å². The van der Waals surface area contributed by atoms with E-state index in [0.717, 1.165) is 22.5 Å². The Labute approximate surface area is 257 Å². The zero-order valence-corrected chi connectivity index (χ0v) is 26.2. The fourth-order valence-corrected chi connectivity index (χ4v) is 8.22. The number of aromatic nitrogens is 3. The second kappa shape index (κ2) is 12.1. The van der Waals surface area contributed by atoms with E-state index in [-0.39, 0.29) is 34.9 Å². The first-order valence-electron chi connectivity index (χ1n) is 12.8. The second-order valence-electron chi connectivity index (χ2n) is 9.95. The van der Waals surface area contributed by atoms with Crippen LogP contribution in [0.3, 0.4) is 0 Å². The van der Waals surface area contributed by atoms with Crippen LogP contribution in [0.5, 0.6) is 0 Å². The highest BCUT2D eigenvalue weighted by Gasteiger charge is 2.37. The summed E-state index contributed by atoms with van der Waals surface area (Å²) in [7, 11) is -4.49. The summed E-state index contributed by atoms with van der Waals surface area (Å²) >= 11 is 7.59. The van der Waals surface area contributed by atoms with Crippen molar-refractivity contribution < 1.29 is 26.0 Å². The number of hydrogen-bond acceptors (Lipinski definition) is 10. The highest BCUT2D eigenvalue weighted by atomic mass is 35.5. The third kappa shape index (κ3) is 7.11. The van der Waals surface area contributed by atoms with Gasteiger partial charge in [-0.1, -0.05) is 54.1 Å². The zero-order valence-electron chi connectivity index (χ0n) is 23.0. The van der Waals surface area contributed by atoms with E-state index in [1.165, 1.54) is 4.90 Å². The number of amides is 1. The molecule has 5 aromatic rings. The summed E-state index contributed by atoms with van der Waals surface area (Å²) in [5.74, 6) is -1.23. The summed E-state index contributed by atoms with van der Waals surface area (Å²) in [4.78, 5) is 18.5. The lowest BCUT2D eigenvalue weighted by atomic mass is 10.0. The van der Waals surface area contributed by atoms with Gasteiger partial charge in [0.25, 0.3) is 5.91 Å². The molecule has 15 heteroatoms. The van der Waals surface area contributed by atoms with Crippen LogP contribution in [0, 0.1) is 0 Å². The van der Waals surface area contributed by atoms with Crippen molar-refractivity contribution in [3.63, 3.8) is 0 Å². The number of nitrogens with zero attached hydrogens (tertiary/aromatic N) is 4. The Hall–Kier alpha value is -3.69. The first-order chi connectivity index (χ1) is 20.3. The number of sulfonamides is 1. The Balaban J connectivity index is 1.54. The monoisotopic (exact) mass is 659 g/mol. The maximum absolute atomic E-state index is 13.8. The molecule has 0 aliphatic carbocycles. The van der Waals surface area contributed by atoms with E-state index in [2.05, 4.69) is 15.2 Å². The van der Waals surface area contributed by atoms with Crippen LogP contribution in [-0.2, 0) is 32.0 Å². The second-order valence-corrected chi connectivity index (χ2v) is 15.2. The summed E-state index contributed by atoms with van der Waals surface area (Å²) in [6.07, 6.45) is -0.165. The molecule has 0 fully saturated rings. The average Bonchev–Trinajstić information content (AvgIpc) is 3.58. The summed E-state index contributed by atoms with van der Waals surface area (Å²) in [6.45, 7) is 0. The van der Waals surface area contributed by atoms with E-state index in [9.17, 15) is 21.6 Å². The maximum atomic E-state index is 13.8. The fraction of sp³-hybridized carbons (Fsp3) is 0.214. The fourth-order valence-electron chi connectivity index (χ4n) is 4.35. The third-order valence-electron chi connectivity index (χ3n) is 6.45. The minimum Gasteiger partial charge on any atom is -0.423 e. The summed E-state index contributed by atoms with van der Waals surface area (Å²) < 4.78 is 56.9. The van der Waals surface area contributed by atoms with Gasteiger partial charge in [0.1, 0.15) is 5.01 Å². The van der Waals surface area contributed by atoms with Crippen molar-refractivity contribution in [1.82, 2.24) is 20.1 Å². The Morgan fingerprint density at radius 3 is 2.37 bits per heavy atom. The molecule has 43 heavy (non-hydrogen) atoms. The summed E-state index contributed by atoms with van der Waals surface area (Å²) in [5, 5.41) is 12.1. The molecule has 2 heterocycles. The topological polar surface area (TPSA) is 166 Å². The van der Waals surface area contributed by atoms with Crippen LogP contribution >= 0.6 is 22.9 Å². The zero-order chi connectivity index (χ0) is 30.9. The van der Waals surface area contributed by atoms with Crippen LogP contribution in [0.4, 0.5) is 0 Å². The number of carbonyl (C=O) groups excluding carboxylic acids is 1. The molecule has 0 spiro atoms. The van der Waals surface area contributed by atoms with Gasteiger partial charge in [0.05, 0.1) is 32.3 Å². The van der Waals surface area contributed by atoms with E-state index in [0.29, 0.717) is 26.4 Å². The molecule has 1 atom stereocenters. The number of halogens is 1. The number of hydrogen-bond donors (Lipinski definition) is 1. The van der Waals surface area contributed by atoms with Gasteiger partial charge in [0, 0.05) is 20.5 Å². The Morgan fingerprint density at radius 2 is 1.70 bits per heavy atom. The van der Waals surface area contributed by atoms with E-state index >= 15 is 0 Å². The number of sulfone groups is 1. The van der Waals surface area contributed by atoms with Crippen LogP contribution in [-0.4, -0.2) is 62.7 Å². The van der Waals surface area contributed by atoms with Gasteiger partial charge >= 0.3 is 0 Å². The molecule has 5 rings (SSSR count). The van der Waals surface area contributed by atoms with E-state index < -0.39 is 30.9 Å². The minimum absolute atomic E-state index is 0.0552. The Morgan fingerprint density at radius 1 is 1.00 bits per heavy atom. The van der Waals surface area contributed by atoms with Gasteiger partial charge in [-0.2, -0.15) is 0 Å². The van der Waals surface area contributed by atoms with Gasteiger partial charge < -0.3 is 9.32 Å². The molecule has 11 nitrogen and oxygen atoms in total. The van der Waals surface area contributed by atoms with Gasteiger partial charge in [-0.25, -0.2) is 27.0 Å². The number of thiazole rings is 1. The van der Waals surface area contributed by atoms with Crippen molar-refractivity contribution in [3.05, 3.63) is 99.7 Å². The molecule has 224 valence electrons. The Bertz CT molecular complexity index is 2030. The number of carbonyl (C=O) groups is 1. The third-order valence-corrected chi connectivity index (χ3v) is 10.6. The number of aryl methyl sites for hydroxylation is 1. The normalized spacial score (nSPS) is 12.8. The van der Waals surface area contributed by atoms with Crippen molar-refractivity contribution in [2.45, 2.75) is 17.4 Å². The van der Waals surface area contributed by atoms with Crippen molar-refractivity contribution in [2.24, 2.45) is 5.14 Å². The van der Waals surface area contributed by atoms with Crippen molar-refractivity contribution in [2.75, 3.05) is 19.8 Å². The number of benzene rings is 3. The van der Waals surface area contributed by atoms with Gasteiger partial charge in [-0.15, -0.1) is 21.5 Å². The number of fused-ring (bicyclic) bond motifs is 1. The number of nitrogens with two attached hydrogens (primary N) is 1. The van der Waals surface area contributed by atoms with Crippen molar-refractivity contribution in [3.8, 4) is 11.1 Å². The number of rotatable bonds is 10. The van der Waals surface area contributed by atoms with Crippen LogP contribution in [0.15, 0.2) is 71.1 Å². The lowest BCUT2D eigenvalue weighted by Gasteiger charge is -2.12. The molecule has 0 bridgehead atoms. The molecule has 2 aromatic heterocycles. The van der Waals surface area contributed by atoms with Crippen LogP contribution in [0.25, 0.3) is 21.3 Å². The first kappa shape index (κ1) is 30.8. The summed E-state index contributed by atoms with van der Waals surface area (Å²) in [6, 6.07) is 19.3. The lowest BCUT2D eigenvalue weighted by Crippen LogP contribution is -2.21. The molecule has 0 aliphatic rings. The first-order valence-corrected chi connectivity index (χ1v) is 17.4. The maximum Gasteiger partial charge on any atom is 0.254 e. The molecular weight excluding hydrogens is 634 g/mol. The molecular formula is C28H26ClN5O6S3. The van der Waals surface area contributed by atoms with Crippen LogP contribution < -0.4 is 5.14 Å². The predicted molar refractivity (Wildman–Crippen MR) is 165 cm³/mol. The highest BCUT2D eigenvalue weighted by molar-refractivity contribution is 7.91. The van der Waals surface area contributed by atoms with Gasteiger partial charge in [-0.3, -0.25) is 4.79 Å². The summed E-state index contributed by atoms with van der Waals surface area (Å²) in [5.41, 5.74) is 3.06. The molecule has 2 N–H and O–H groups in total. The largest absolute Gasteiger partial charge is 0.423 e. The van der Waals surface area contributed by atoms with Crippen LogP contribution in [0.1, 0.15) is 38.0 Å². The number of primary sulfonamides is 1. The standard InChI is InChI=1S/C28H26ClN5O6S3/c1-34(2)28(35)20-10-8-18(14-21(20)29)19-9-11-22-23(15-19)41-27(31-22)25(42(36,37)16-17-6-4-3-5-7-17)26-33-32-24(40-26)12-13-43(30,38)39/h3-11,14-15,25H,12-13,16H2,1-2H3,(H2,30,38,39). The quantitative estimate of drug-likeness (QED) is 0.231. The molecule has 1 amide bonds. The molecule has 1 unspecified atom stereocenters. The van der Waals surface area contributed by atoms with Gasteiger partial charge in [-0.05, 0) is 41.0 Å². The molecule has 0 saturated heterocycles. The van der Waals surface area contributed by atoms with E-state index in [4.69, 9.17) is 21.2 Å². The van der Waals surface area contributed by atoms with Crippen molar-refractivity contribution >= 4 is 58.9 Å². The molecule has 3 aromatic carbocycles. The van der Waals surface area contributed by atoms with E-state index in [1.807, 2.05) is 12.1 Å².